The molecule has 0 unspecified atom stereocenters. The number of carboxylic acids is 1. The van der Waals surface area contributed by atoms with Gasteiger partial charge in [0.25, 0.3) is 5.97 Å². The molecule has 0 heterocycles. The zero-order valence-corrected chi connectivity index (χ0v) is 9.60. The molecule has 0 rings (SSSR count). The van der Waals surface area contributed by atoms with Crippen LogP contribution in [0.25, 0.3) is 0 Å². The zero-order chi connectivity index (χ0) is 13.8. The second-order valence-electron chi connectivity index (χ2n) is 2.64. The normalized spacial score (nSPS) is 8.12. The Balaban J connectivity index is 0. The molecule has 0 bridgehead atoms. The number of aliphatic carboxylic acids is 1. The number of hydrogen-bond acceptors (Lipinski definition) is 6. The van der Waals surface area contributed by atoms with Gasteiger partial charge in [-0.25, -0.2) is 0 Å². The van der Waals surface area contributed by atoms with E-state index in [9.17, 15) is 14.4 Å². The standard InChI is InChI=1S/C8H10O5.C2H4O2/c1-3-12-7(10)4-5-8(11)13-6(2)9;1-2(3)4/h3H,1,4-5H2,2H3;1H3,(H,3,4). The molecular weight excluding hydrogens is 232 g/mol. The molecule has 0 saturated carbocycles. The van der Waals surface area contributed by atoms with E-state index in [0.717, 1.165) is 20.1 Å². The van der Waals surface area contributed by atoms with E-state index in [2.05, 4.69) is 16.1 Å². The summed E-state index contributed by atoms with van der Waals surface area (Å²) in [5.74, 6) is -2.86. The third-order valence-corrected chi connectivity index (χ3v) is 1.01. The van der Waals surface area contributed by atoms with Crippen molar-refractivity contribution in [3.05, 3.63) is 12.8 Å². The fourth-order valence-corrected chi connectivity index (χ4v) is 0.567. The average molecular weight is 246 g/mol. The first-order valence-electron chi connectivity index (χ1n) is 4.50. The van der Waals surface area contributed by atoms with Crippen molar-refractivity contribution in [2.75, 3.05) is 0 Å². The van der Waals surface area contributed by atoms with Gasteiger partial charge in [0.05, 0.1) is 19.1 Å². The SMILES string of the molecule is C=COC(=O)CCC(=O)OC(C)=O.CC(=O)O. The molecule has 0 aliphatic rings. The van der Waals surface area contributed by atoms with Crippen LogP contribution in [0.15, 0.2) is 12.8 Å². The van der Waals surface area contributed by atoms with Crippen LogP contribution in [0, 0.1) is 0 Å². The Morgan fingerprint density at radius 3 is 1.88 bits per heavy atom. The Morgan fingerprint density at radius 1 is 1.12 bits per heavy atom. The van der Waals surface area contributed by atoms with Crippen molar-refractivity contribution in [2.24, 2.45) is 0 Å². The Bertz CT molecular complexity index is 302. The van der Waals surface area contributed by atoms with Crippen molar-refractivity contribution in [1.29, 1.82) is 0 Å². The van der Waals surface area contributed by atoms with Gasteiger partial charge >= 0.3 is 17.9 Å². The Morgan fingerprint density at radius 2 is 1.53 bits per heavy atom. The summed E-state index contributed by atoms with van der Waals surface area (Å²) < 4.78 is 8.50. The van der Waals surface area contributed by atoms with Crippen LogP contribution in [0.3, 0.4) is 0 Å². The van der Waals surface area contributed by atoms with Crippen LogP contribution < -0.4 is 0 Å². The van der Waals surface area contributed by atoms with Crippen molar-refractivity contribution in [3.63, 3.8) is 0 Å². The molecule has 0 aromatic rings. The van der Waals surface area contributed by atoms with Crippen LogP contribution in [0.5, 0.6) is 0 Å². The average Bonchev–Trinajstić information content (AvgIpc) is 2.13. The van der Waals surface area contributed by atoms with E-state index in [1.165, 1.54) is 0 Å². The summed E-state index contributed by atoms with van der Waals surface area (Å²) >= 11 is 0. The third kappa shape index (κ3) is 20.0. The van der Waals surface area contributed by atoms with E-state index < -0.39 is 23.9 Å². The molecule has 0 atom stereocenters. The number of carbonyl (C=O) groups excluding carboxylic acids is 3. The quantitative estimate of drug-likeness (QED) is 0.440. The number of ether oxygens (including phenoxy) is 2. The van der Waals surface area contributed by atoms with Crippen molar-refractivity contribution >= 4 is 23.9 Å². The summed E-state index contributed by atoms with van der Waals surface area (Å²) in [7, 11) is 0. The van der Waals surface area contributed by atoms with Gasteiger partial charge in [-0.2, -0.15) is 0 Å². The van der Waals surface area contributed by atoms with Gasteiger partial charge in [-0.05, 0) is 0 Å². The van der Waals surface area contributed by atoms with Gasteiger partial charge < -0.3 is 14.6 Å². The topological polar surface area (TPSA) is 107 Å². The molecule has 7 nitrogen and oxygen atoms in total. The lowest BCUT2D eigenvalue weighted by Crippen LogP contribution is -2.11. The molecule has 0 aliphatic carbocycles. The van der Waals surface area contributed by atoms with Crippen LogP contribution >= 0.6 is 0 Å². The lowest BCUT2D eigenvalue weighted by atomic mass is 10.3. The second kappa shape index (κ2) is 10.3. The minimum Gasteiger partial charge on any atom is -0.481 e. The number of carboxylic acid groups (broad SMARTS) is 1. The highest BCUT2D eigenvalue weighted by Gasteiger charge is 2.09. The van der Waals surface area contributed by atoms with Gasteiger partial charge in [-0.1, -0.05) is 6.58 Å². The highest BCUT2D eigenvalue weighted by molar-refractivity contribution is 5.86. The van der Waals surface area contributed by atoms with Gasteiger partial charge in [0.2, 0.25) is 0 Å². The maximum Gasteiger partial charge on any atom is 0.314 e. The van der Waals surface area contributed by atoms with E-state index in [1.54, 1.807) is 0 Å². The maximum absolute atomic E-state index is 10.7. The first-order chi connectivity index (χ1) is 7.79. The van der Waals surface area contributed by atoms with Crippen LogP contribution in [0.4, 0.5) is 0 Å². The second-order valence-corrected chi connectivity index (χ2v) is 2.64. The Kier molecular flexibility index (Phi) is 10.5. The largest absolute Gasteiger partial charge is 0.481 e. The molecule has 0 aromatic heterocycles. The molecule has 0 spiro atoms. The molecule has 0 aromatic carbocycles. The van der Waals surface area contributed by atoms with Crippen LogP contribution in [0.2, 0.25) is 0 Å². The van der Waals surface area contributed by atoms with Gasteiger partial charge in [0, 0.05) is 13.8 Å². The van der Waals surface area contributed by atoms with Gasteiger partial charge in [0.15, 0.2) is 0 Å². The van der Waals surface area contributed by atoms with Crippen molar-refractivity contribution in [3.8, 4) is 0 Å². The predicted octanol–water partition coefficient (Wildman–Crippen LogP) is 0.634. The minimum absolute atomic E-state index is 0.127. The third-order valence-electron chi connectivity index (χ3n) is 1.01. The Labute approximate surface area is 98.0 Å². The van der Waals surface area contributed by atoms with E-state index in [-0.39, 0.29) is 12.8 Å². The monoisotopic (exact) mass is 246 g/mol. The number of rotatable bonds is 4. The lowest BCUT2D eigenvalue weighted by molar-refractivity contribution is -0.159. The summed E-state index contributed by atoms with van der Waals surface area (Å²) in [6.07, 6.45) is 0.670. The molecule has 0 saturated heterocycles. The first-order valence-corrected chi connectivity index (χ1v) is 4.50. The number of hydrogen-bond donors (Lipinski definition) is 1. The molecule has 17 heavy (non-hydrogen) atoms. The maximum atomic E-state index is 10.7. The highest BCUT2D eigenvalue weighted by atomic mass is 16.6. The highest BCUT2D eigenvalue weighted by Crippen LogP contribution is 1.96. The predicted molar refractivity (Wildman–Crippen MR) is 55.6 cm³/mol. The van der Waals surface area contributed by atoms with Crippen molar-refractivity contribution < 1.29 is 33.8 Å². The van der Waals surface area contributed by atoms with Gasteiger partial charge in [-0.15, -0.1) is 0 Å². The molecule has 1 N–H and O–H groups in total. The summed E-state index contributed by atoms with van der Waals surface area (Å²) in [5, 5.41) is 7.42. The Hall–Kier alpha value is -2.18. The first kappa shape index (κ1) is 17.2. The minimum atomic E-state index is -0.833. The molecule has 96 valence electrons. The van der Waals surface area contributed by atoms with Gasteiger partial charge in [-0.3, -0.25) is 19.2 Å². The summed E-state index contributed by atoms with van der Waals surface area (Å²) in [4.78, 5) is 40.6. The van der Waals surface area contributed by atoms with E-state index in [4.69, 9.17) is 9.90 Å². The van der Waals surface area contributed by atoms with Crippen molar-refractivity contribution in [2.45, 2.75) is 26.7 Å². The molecule has 7 heteroatoms. The fourth-order valence-electron chi connectivity index (χ4n) is 0.567. The number of carbonyl (C=O) groups is 4. The zero-order valence-electron chi connectivity index (χ0n) is 9.60. The smallest absolute Gasteiger partial charge is 0.314 e. The van der Waals surface area contributed by atoms with Gasteiger partial charge in [0.1, 0.15) is 0 Å². The molecule has 0 amide bonds. The van der Waals surface area contributed by atoms with Crippen LogP contribution in [-0.2, 0) is 28.7 Å². The molecular formula is C10H14O7. The van der Waals surface area contributed by atoms with E-state index in [0.29, 0.717) is 0 Å². The van der Waals surface area contributed by atoms with E-state index in [1.807, 2.05) is 0 Å². The summed E-state index contributed by atoms with van der Waals surface area (Å²) in [6, 6.07) is 0. The van der Waals surface area contributed by atoms with Crippen LogP contribution in [-0.4, -0.2) is 29.0 Å². The molecule has 0 aliphatic heterocycles. The lowest BCUT2D eigenvalue weighted by Gasteiger charge is -1.98. The molecule has 0 fully saturated rings. The molecule has 0 radical (unpaired) electrons. The fraction of sp³-hybridized carbons (Fsp3) is 0.400. The number of esters is 3. The van der Waals surface area contributed by atoms with E-state index >= 15 is 0 Å². The van der Waals surface area contributed by atoms with Crippen LogP contribution in [0.1, 0.15) is 26.7 Å². The summed E-state index contributed by atoms with van der Waals surface area (Å²) in [5.41, 5.74) is 0. The van der Waals surface area contributed by atoms with Crippen molar-refractivity contribution in [1.82, 2.24) is 0 Å². The summed E-state index contributed by atoms with van der Waals surface area (Å²) in [6.45, 7) is 5.36.